The quantitative estimate of drug-likeness (QED) is 0.339. The van der Waals surface area contributed by atoms with E-state index in [-0.39, 0.29) is 6.42 Å². The first kappa shape index (κ1) is 23.6. The van der Waals surface area contributed by atoms with Gasteiger partial charge in [0.1, 0.15) is 11.7 Å². The van der Waals surface area contributed by atoms with E-state index < -0.39 is 64.4 Å². The van der Waals surface area contributed by atoms with Gasteiger partial charge in [-0.3, -0.25) is 14.4 Å². The van der Waals surface area contributed by atoms with Gasteiger partial charge in [0.05, 0.1) is 12.2 Å². The molecule has 0 amide bonds. The summed E-state index contributed by atoms with van der Waals surface area (Å²) in [6.45, 7) is 9.56. The lowest BCUT2D eigenvalue weighted by molar-refractivity contribution is -0.286. The third-order valence-electron chi connectivity index (χ3n) is 8.15. The summed E-state index contributed by atoms with van der Waals surface area (Å²) in [4.78, 5) is 36.4. The Morgan fingerprint density at radius 1 is 1.23 bits per heavy atom. The van der Waals surface area contributed by atoms with Crippen molar-refractivity contribution in [1.82, 2.24) is 0 Å². The van der Waals surface area contributed by atoms with E-state index in [1.54, 1.807) is 46.8 Å². The first-order valence-corrected chi connectivity index (χ1v) is 10.5. The fraction of sp³-hybridized carbons (Fsp3) is 0.696. The largest absolute Gasteiger partial charge is 0.458 e. The highest BCUT2D eigenvalue weighted by Gasteiger charge is 2.73. The Kier molecular flexibility index (Phi) is 5.53. The maximum atomic E-state index is 13.0. The van der Waals surface area contributed by atoms with Crippen molar-refractivity contribution in [2.75, 3.05) is 6.61 Å². The van der Waals surface area contributed by atoms with Gasteiger partial charge in [-0.25, -0.2) is 0 Å². The van der Waals surface area contributed by atoms with Crippen molar-refractivity contribution in [2.24, 2.45) is 23.2 Å². The second-order valence-electron chi connectivity index (χ2n) is 9.97. The third-order valence-corrected chi connectivity index (χ3v) is 8.15. The van der Waals surface area contributed by atoms with Crippen LogP contribution in [0.3, 0.4) is 0 Å². The molecule has 0 aromatic heterocycles. The number of esters is 1. The minimum Gasteiger partial charge on any atom is -0.458 e. The molecule has 1 fully saturated rings. The molecular weight excluding hydrogens is 404 g/mol. The number of aliphatic hydroxyl groups excluding tert-OH is 1. The highest BCUT2D eigenvalue weighted by Crippen LogP contribution is 2.63. The lowest BCUT2D eigenvalue weighted by atomic mass is 9.47. The molecule has 0 saturated heterocycles. The Labute approximate surface area is 181 Å². The predicted molar refractivity (Wildman–Crippen MR) is 109 cm³/mol. The van der Waals surface area contributed by atoms with Gasteiger partial charge in [0.25, 0.3) is 6.47 Å². The first-order valence-electron chi connectivity index (χ1n) is 10.5. The summed E-state index contributed by atoms with van der Waals surface area (Å²) in [5, 5.41) is 33.8. The Hall–Kier alpha value is -2.03. The zero-order valence-corrected chi connectivity index (χ0v) is 18.8. The lowest BCUT2D eigenvalue weighted by Gasteiger charge is -2.63. The minimum absolute atomic E-state index is 0.133. The van der Waals surface area contributed by atoms with Crippen LogP contribution in [0.2, 0.25) is 0 Å². The molecule has 7 atom stereocenters. The second kappa shape index (κ2) is 7.25. The normalized spacial score (nSPS) is 43.7. The van der Waals surface area contributed by atoms with Gasteiger partial charge < -0.3 is 24.8 Å². The minimum atomic E-state index is -1.94. The molecule has 172 valence electrons. The lowest BCUT2D eigenvalue weighted by Crippen LogP contribution is -2.74. The number of ketones is 1. The summed E-state index contributed by atoms with van der Waals surface area (Å²) < 4.78 is 11.2. The maximum absolute atomic E-state index is 13.0. The van der Waals surface area contributed by atoms with Crippen LogP contribution in [0.25, 0.3) is 0 Å². The SMILES string of the molecule is CC(=O)O[C@@H]1[C@@H](C)[C@@]2(O)[C@@H](C=C(CO)C[C@]3(O)C(=O)C(C)=C[C@@H]23)C(C)(C)[C@]1(C)OC=O. The fourth-order valence-corrected chi connectivity index (χ4v) is 6.19. The first-order chi connectivity index (χ1) is 14.2. The highest BCUT2D eigenvalue weighted by molar-refractivity contribution is 6.04. The molecule has 0 radical (unpaired) electrons. The van der Waals surface area contributed by atoms with Crippen molar-refractivity contribution in [3.05, 3.63) is 23.3 Å². The van der Waals surface area contributed by atoms with E-state index in [9.17, 15) is 29.7 Å². The van der Waals surface area contributed by atoms with E-state index in [0.717, 1.165) is 0 Å². The standard InChI is InChI=1S/C23H32O8/c1-12-7-17-22(28,18(12)27)9-15(10-24)8-16-20(4,5)21(6,30-11-25)19(31-14(3)26)13(2)23(16,17)29/h7-8,11,13,16-17,19,24,28-29H,9-10H2,1-6H3/t13-,16+,17-,19-,21-,22-,23-/m1/s1. The van der Waals surface area contributed by atoms with Crippen LogP contribution < -0.4 is 0 Å². The molecule has 0 spiro atoms. The van der Waals surface area contributed by atoms with Gasteiger partial charge in [0.2, 0.25) is 0 Å². The number of rotatable bonds is 4. The molecule has 3 aliphatic carbocycles. The number of fused-ring (bicyclic) bond motifs is 3. The number of hydrogen-bond donors (Lipinski definition) is 3. The summed E-state index contributed by atoms with van der Waals surface area (Å²) in [6, 6.07) is 0. The average molecular weight is 437 g/mol. The smallest absolute Gasteiger partial charge is 0.303 e. The van der Waals surface area contributed by atoms with E-state index in [1.165, 1.54) is 6.92 Å². The van der Waals surface area contributed by atoms with Gasteiger partial charge in [-0.05, 0) is 25.0 Å². The molecular formula is C23H32O8. The molecule has 8 nitrogen and oxygen atoms in total. The van der Waals surface area contributed by atoms with Crippen LogP contribution in [-0.2, 0) is 23.9 Å². The van der Waals surface area contributed by atoms with Gasteiger partial charge >= 0.3 is 5.97 Å². The van der Waals surface area contributed by atoms with Crippen LogP contribution in [0.1, 0.15) is 48.0 Å². The zero-order chi connectivity index (χ0) is 23.6. The number of hydrogen-bond acceptors (Lipinski definition) is 8. The van der Waals surface area contributed by atoms with Gasteiger partial charge in [0, 0.05) is 36.5 Å². The second-order valence-corrected chi connectivity index (χ2v) is 9.97. The monoisotopic (exact) mass is 436 g/mol. The summed E-state index contributed by atoms with van der Waals surface area (Å²) in [5.74, 6) is -3.70. The number of carbonyl (C=O) groups excluding carboxylic acids is 3. The van der Waals surface area contributed by atoms with E-state index in [0.29, 0.717) is 17.6 Å². The van der Waals surface area contributed by atoms with Crippen molar-refractivity contribution in [3.8, 4) is 0 Å². The van der Waals surface area contributed by atoms with Crippen LogP contribution in [0.5, 0.6) is 0 Å². The molecule has 0 aromatic rings. The van der Waals surface area contributed by atoms with Crippen LogP contribution in [0.15, 0.2) is 23.3 Å². The summed E-state index contributed by atoms with van der Waals surface area (Å²) in [5.41, 5.74) is -5.30. The van der Waals surface area contributed by atoms with Gasteiger partial charge in [-0.2, -0.15) is 0 Å². The van der Waals surface area contributed by atoms with Crippen LogP contribution in [0.4, 0.5) is 0 Å². The molecule has 3 aliphatic rings. The molecule has 0 unspecified atom stereocenters. The van der Waals surface area contributed by atoms with Gasteiger partial charge in [0.15, 0.2) is 11.4 Å². The maximum Gasteiger partial charge on any atom is 0.303 e. The Balaban J connectivity index is 2.34. The number of carbonyl (C=O) groups is 3. The molecule has 0 heterocycles. The molecule has 3 rings (SSSR count). The van der Waals surface area contributed by atoms with Crippen molar-refractivity contribution in [3.63, 3.8) is 0 Å². The molecule has 1 saturated carbocycles. The molecule has 31 heavy (non-hydrogen) atoms. The van der Waals surface area contributed by atoms with E-state index in [1.807, 2.05) is 0 Å². The summed E-state index contributed by atoms with van der Waals surface area (Å²) >= 11 is 0. The van der Waals surface area contributed by atoms with Crippen LogP contribution >= 0.6 is 0 Å². The Morgan fingerprint density at radius 2 is 1.84 bits per heavy atom. The van der Waals surface area contributed by atoms with Crippen molar-refractivity contribution in [1.29, 1.82) is 0 Å². The zero-order valence-electron chi connectivity index (χ0n) is 18.8. The molecule has 3 N–H and O–H groups in total. The third kappa shape index (κ3) is 2.95. The van der Waals surface area contributed by atoms with Crippen molar-refractivity contribution >= 4 is 18.2 Å². The van der Waals surface area contributed by atoms with Crippen LogP contribution in [0, 0.1) is 23.2 Å². The van der Waals surface area contributed by atoms with E-state index >= 15 is 0 Å². The molecule has 0 bridgehead atoms. The van der Waals surface area contributed by atoms with Gasteiger partial charge in [-0.1, -0.05) is 32.9 Å². The summed E-state index contributed by atoms with van der Waals surface area (Å²) in [6.07, 6.45) is 2.07. The number of ether oxygens (including phenoxy) is 2. The van der Waals surface area contributed by atoms with Crippen molar-refractivity contribution in [2.45, 2.75) is 70.9 Å². The number of aliphatic hydroxyl groups is 3. The van der Waals surface area contributed by atoms with Crippen LogP contribution in [-0.4, -0.2) is 63.1 Å². The van der Waals surface area contributed by atoms with E-state index in [4.69, 9.17) is 9.47 Å². The predicted octanol–water partition coefficient (Wildman–Crippen LogP) is 1.07. The molecule has 8 heteroatoms. The van der Waals surface area contributed by atoms with Crippen molar-refractivity contribution < 1.29 is 39.2 Å². The van der Waals surface area contributed by atoms with Gasteiger partial charge in [-0.15, -0.1) is 0 Å². The topological polar surface area (TPSA) is 130 Å². The molecule has 0 aliphatic heterocycles. The number of Topliss-reactive ketones (excluding diaryl/α,β-unsaturated/α-hetero) is 1. The molecule has 0 aromatic carbocycles. The average Bonchev–Trinajstić information content (AvgIpc) is 2.84. The van der Waals surface area contributed by atoms with E-state index in [2.05, 4.69) is 0 Å². The Morgan fingerprint density at radius 3 is 2.35 bits per heavy atom. The highest BCUT2D eigenvalue weighted by atomic mass is 16.6. The fourth-order valence-electron chi connectivity index (χ4n) is 6.19. The Bertz CT molecular complexity index is 873. The summed E-state index contributed by atoms with van der Waals surface area (Å²) in [7, 11) is 0.